The fourth-order valence-electron chi connectivity index (χ4n) is 2.15. The van der Waals surface area contributed by atoms with Crippen molar-refractivity contribution in [2.75, 3.05) is 37.8 Å². The standard InChI is InChI=1S/C13H20N4O2/c1-14-11-4-3-5-12(13(11)17(18)19)15-8-9-16(2)10-6-7-10/h3-5,10,14-15H,6-9H2,1-2H3. The average Bonchev–Trinajstić information content (AvgIpc) is 3.22. The molecule has 0 bridgehead atoms. The Hall–Kier alpha value is -1.82. The lowest BCUT2D eigenvalue weighted by molar-refractivity contribution is -0.383. The number of hydrogen-bond donors (Lipinski definition) is 2. The second-order valence-electron chi connectivity index (χ2n) is 4.85. The summed E-state index contributed by atoms with van der Waals surface area (Å²) in [4.78, 5) is 13.1. The monoisotopic (exact) mass is 264 g/mol. The van der Waals surface area contributed by atoms with Crippen LogP contribution >= 0.6 is 0 Å². The molecule has 0 aliphatic heterocycles. The quantitative estimate of drug-likeness (QED) is 0.583. The Labute approximate surface area is 112 Å². The van der Waals surface area contributed by atoms with Crippen LogP contribution in [0.15, 0.2) is 18.2 Å². The van der Waals surface area contributed by atoms with E-state index in [0.29, 0.717) is 24.0 Å². The van der Waals surface area contributed by atoms with Gasteiger partial charge in [0, 0.05) is 26.2 Å². The van der Waals surface area contributed by atoms with E-state index >= 15 is 0 Å². The summed E-state index contributed by atoms with van der Waals surface area (Å²) in [6, 6.07) is 5.97. The van der Waals surface area contributed by atoms with Crippen molar-refractivity contribution < 1.29 is 4.92 Å². The molecule has 0 spiro atoms. The van der Waals surface area contributed by atoms with E-state index in [2.05, 4.69) is 22.6 Å². The van der Waals surface area contributed by atoms with Gasteiger partial charge in [-0.1, -0.05) is 6.07 Å². The molecule has 1 fully saturated rings. The third-order valence-electron chi connectivity index (χ3n) is 3.44. The first-order valence-corrected chi connectivity index (χ1v) is 6.52. The number of hydrogen-bond acceptors (Lipinski definition) is 5. The first-order valence-electron chi connectivity index (χ1n) is 6.52. The van der Waals surface area contributed by atoms with Gasteiger partial charge in [-0.2, -0.15) is 0 Å². The molecule has 19 heavy (non-hydrogen) atoms. The first kappa shape index (κ1) is 13.6. The Balaban J connectivity index is 2.00. The Morgan fingerprint density at radius 3 is 2.68 bits per heavy atom. The van der Waals surface area contributed by atoms with Crippen LogP contribution in [0.1, 0.15) is 12.8 Å². The Kier molecular flexibility index (Phi) is 4.21. The Morgan fingerprint density at radius 1 is 1.42 bits per heavy atom. The molecule has 1 aliphatic carbocycles. The summed E-state index contributed by atoms with van der Waals surface area (Å²) in [6.07, 6.45) is 2.54. The molecule has 0 saturated heterocycles. The zero-order valence-electron chi connectivity index (χ0n) is 11.3. The van der Waals surface area contributed by atoms with E-state index < -0.39 is 0 Å². The lowest BCUT2D eigenvalue weighted by atomic mass is 10.2. The fourth-order valence-corrected chi connectivity index (χ4v) is 2.15. The third kappa shape index (κ3) is 3.35. The van der Waals surface area contributed by atoms with Crippen molar-refractivity contribution in [1.82, 2.24) is 4.90 Å². The molecule has 1 aromatic carbocycles. The van der Waals surface area contributed by atoms with E-state index in [-0.39, 0.29) is 10.6 Å². The van der Waals surface area contributed by atoms with Gasteiger partial charge in [-0.3, -0.25) is 10.1 Å². The highest BCUT2D eigenvalue weighted by Gasteiger charge is 2.25. The predicted octanol–water partition coefficient (Wildman–Crippen LogP) is 2.14. The molecule has 1 aromatic rings. The van der Waals surface area contributed by atoms with E-state index in [0.717, 1.165) is 6.54 Å². The van der Waals surface area contributed by atoms with Crippen LogP contribution in [0.5, 0.6) is 0 Å². The highest BCUT2D eigenvalue weighted by molar-refractivity contribution is 5.75. The second kappa shape index (κ2) is 5.88. The van der Waals surface area contributed by atoms with Gasteiger partial charge >= 0.3 is 5.69 Å². The van der Waals surface area contributed by atoms with Gasteiger partial charge in [0.15, 0.2) is 0 Å². The van der Waals surface area contributed by atoms with Gasteiger partial charge in [0.25, 0.3) is 0 Å². The highest BCUT2D eigenvalue weighted by atomic mass is 16.6. The van der Waals surface area contributed by atoms with Crippen LogP contribution in [0.4, 0.5) is 17.1 Å². The molecule has 0 amide bonds. The maximum absolute atomic E-state index is 11.1. The van der Waals surface area contributed by atoms with Gasteiger partial charge < -0.3 is 15.5 Å². The lowest BCUT2D eigenvalue weighted by Crippen LogP contribution is -2.27. The molecule has 0 unspecified atom stereocenters. The number of nitrogens with zero attached hydrogens (tertiary/aromatic N) is 2. The largest absolute Gasteiger partial charge is 0.382 e. The molecule has 6 heteroatoms. The zero-order chi connectivity index (χ0) is 13.8. The Bertz CT molecular complexity index is 460. The average molecular weight is 264 g/mol. The number of nitro benzene ring substituents is 1. The van der Waals surface area contributed by atoms with E-state index in [1.807, 2.05) is 6.07 Å². The number of rotatable bonds is 7. The molecule has 6 nitrogen and oxygen atoms in total. The van der Waals surface area contributed by atoms with Crippen molar-refractivity contribution in [3.05, 3.63) is 28.3 Å². The lowest BCUT2D eigenvalue weighted by Gasteiger charge is -2.16. The predicted molar refractivity (Wildman–Crippen MR) is 76.8 cm³/mol. The minimum Gasteiger partial charge on any atom is -0.382 e. The molecule has 104 valence electrons. The van der Waals surface area contributed by atoms with Crippen molar-refractivity contribution >= 4 is 17.1 Å². The van der Waals surface area contributed by atoms with Gasteiger partial charge in [0.1, 0.15) is 11.4 Å². The molecule has 0 atom stereocenters. The summed E-state index contributed by atoms with van der Waals surface area (Å²) in [5.41, 5.74) is 1.21. The topological polar surface area (TPSA) is 70.4 Å². The van der Waals surface area contributed by atoms with Gasteiger partial charge in [-0.05, 0) is 32.0 Å². The maximum Gasteiger partial charge on any atom is 0.315 e. The molecule has 0 heterocycles. The summed E-state index contributed by atoms with van der Waals surface area (Å²) in [5, 5.41) is 17.1. The maximum atomic E-state index is 11.1. The smallest absolute Gasteiger partial charge is 0.315 e. The first-order chi connectivity index (χ1) is 9.13. The van der Waals surface area contributed by atoms with E-state index in [1.165, 1.54) is 12.8 Å². The van der Waals surface area contributed by atoms with Crippen molar-refractivity contribution in [2.45, 2.75) is 18.9 Å². The minimum absolute atomic E-state index is 0.110. The summed E-state index contributed by atoms with van der Waals surface area (Å²) < 4.78 is 0. The van der Waals surface area contributed by atoms with Crippen molar-refractivity contribution in [1.29, 1.82) is 0 Å². The molecule has 0 aromatic heterocycles. The summed E-state index contributed by atoms with van der Waals surface area (Å²) >= 11 is 0. The molecular formula is C13H20N4O2. The SMILES string of the molecule is CNc1cccc(NCCN(C)C2CC2)c1[N+](=O)[O-]. The van der Waals surface area contributed by atoms with Crippen LogP contribution in [-0.2, 0) is 0 Å². The highest BCUT2D eigenvalue weighted by Crippen LogP contribution is 2.32. The number of para-hydroxylation sites is 1. The van der Waals surface area contributed by atoms with Crippen molar-refractivity contribution in [3.63, 3.8) is 0 Å². The molecule has 2 rings (SSSR count). The van der Waals surface area contributed by atoms with Gasteiger partial charge in [0.05, 0.1) is 4.92 Å². The molecule has 0 radical (unpaired) electrons. The third-order valence-corrected chi connectivity index (χ3v) is 3.44. The van der Waals surface area contributed by atoms with Crippen LogP contribution in [0.3, 0.4) is 0 Å². The minimum atomic E-state index is -0.348. The number of likely N-dealkylation sites (N-methyl/N-ethyl adjacent to an activating group) is 1. The van der Waals surface area contributed by atoms with Crippen LogP contribution in [-0.4, -0.2) is 43.0 Å². The molecular weight excluding hydrogens is 244 g/mol. The Morgan fingerprint density at radius 2 is 2.11 bits per heavy atom. The van der Waals surface area contributed by atoms with E-state index in [9.17, 15) is 10.1 Å². The molecule has 2 N–H and O–H groups in total. The van der Waals surface area contributed by atoms with Crippen LogP contribution in [0, 0.1) is 10.1 Å². The summed E-state index contributed by atoms with van der Waals surface area (Å²) in [7, 11) is 3.78. The van der Waals surface area contributed by atoms with Crippen molar-refractivity contribution in [2.24, 2.45) is 0 Å². The normalized spacial score (nSPS) is 14.5. The fraction of sp³-hybridized carbons (Fsp3) is 0.538. The van der Waals surface area contributed by atoms with Crippen molar-refractivity contribution in [3.8, 4) is 0 Å². The molecule has 1 aliphatic rings. The second-order valence-corrected chi connectivity index (χ2v) is 4.85. The van der Waals surface area contributed by atoms with Gasteiger partial charge in [-0.15, -0.1) is 0 Å². The molecule has 1 saturated carbocycles. The summed E-state index contributed by atoms with van der Waals surface area (Å²) in [6.45, 7) is 1.60. The van der Waals surface area contributed by atoms with Gasteiger partial charge in [-0.25, -0.2) is 0 Å². The van der Waals surface area contributed by atoms with Crippen LogP contribution in [0.2, 0.25) is 0 Å². The number of anilines is 2. The summed E-state index contributed by atoms with van der Waals surface area (Å²) in [5.74, 6) is 0. The van der Waals surface area contributed by atoms with Crippen LogP contribution in [0.25, 0.3) is 0 Å². The van der Waals surface area contributed by atoms with E-state index in [1.54, 1.807) is 19.2 Å². The van der Waals surface area contributed by atoms with Gasteiger partial charge in [0.2, 0.25) is 0 Å². The number of benzene rings is 1. The zero-order valence-corrected chi connectivity index (χ0v) is 11.3. The number of nitro groups is 1. The number of nitrogens with one attached hydrogen (secondary N) is 2. The van der Waals surface area contributed by atoms with Crippen LogP contribution < -0.4 is 10.6 Å². The van der Waals surface area contributed by atoms with E-state index in [4.69, 9.17) is 0 Å².